The lowest BCUT2D eigenvalue weighted by Gasteiger charge is -2.43. The predicted molar refractivity (Wildman–Crippen MR) is 135 cm³/mol. The molecule has 2 rings (SSSR count). The molecule has 0 saturated carbocycles. The first-order valence-electron chi connectivity index (χ1n) is 11.4. The van der Waals surface area contributed by atoms with Gasteiger partial charge in [-0.25, -0.2) is 4.79 Å². The number of hydrogen-bond acceptors (Lipinski definition) is 4. The highest BCUT2D eigenvalue weighted by molar-refractivity contribution is 8.29. The standard InChI is InChI=1S/C17H26N2O2.C8H20OS/c1-17(2,3)21-16(20)19-11-7-10-18(12-13-19)14-15-8-5-4-6-9-15;1-7-9-10(5,6)8(2,3)4/h4-6,8-9H,7,10-14H2,1-3H3;7H2,1-6H3. The van der Waals surface area contributed by atoms with Crippen LogP contribution in [0.1, 0.15) is 60.5 Å². The number of benzene rings is 1. The fourth-order valence-corrected chi connectivity index (χ4v) is 3.89. The van der Waals surface area contributed by atoms with E-state index < -0.39 is 15.9 Å². The molecule has 0 radical (unpaired) electrons. The SMILES string of the molecule is CC(C)(C)OC(=O)N1CCCN(Cc2ccccc2)CC1.CCOS(C)(C)C(C)(C)C. The minimum absolute atomic E-state index is 0.191. The van der Waals surface area contributed by atoms with Crippen molar-refractivity contribution in [2.24, 2.45) is 0 Å². The molecule has 1 fully saturated rings. The second kappa shape index (κ2) is 12.1. The van der Waals surface area contributed by atoms with E-state index in [0.717, 1.165) is 45.8 Å². The summed E-state index contributed by atoms with van der Waals surface area (Å²) in [6, 6.07) is 10.5. The molecule has 1 saturated heterocycles. The van der Waals surface area contributed by atoms with Gasteiger partial charge < -0.3 is 13.8 Å². The van der Waals surface area contributed by atoms with Gasteiger partial charge in [-0.05, 0) is 52.2 Å². The fraction of sp³-hybridized carbons (Fsp3) is 0.720. The van der Waals surface area contributed by atoms with Crippen LogP contribution in [0.25, 0.3) is 0 Å². The molecule has 31 heavy (non-hydrogen) atoms. The fourth-order valence-electron chi connectivity index (χ4n) is 2.95. The van der Waals surface area contributed by atoms with Gasteiger partial charge in [-0.3, -0.25) is 4.90 Å². The van der Waals surface area contributed by atoms with Crippen LogP contribution in [0.5, 0.6) is 0 Å². The molecular formula is C25H46N2O3S. The van der Waals surface area contributed by atoms with Crippen LogP contribution in [0, 0.1) is 0 Å². The molecule has 1 aliphatic heterocycles. The molecule has 0 N–H and O–H groups in total. The van der Waals surface area contributed by atoms with Crippen LogP contribution in [-0.4, -0.2) is 71.5 Å². The summed E-state index contributed by atoms with van der Waals surface area (Å²) >= 11 is 0. The van der Waals surface area contributed by atoms with E-state index in [0.29, 0.717) is 4.75 Å². The third kappa shape index (κ3) is 10.8. The Hall–Kier alpha value is -1.24. The molecule has 0 atom stereocenters. The number of carbonyl (C=O) groups excluding carboxylic acids is 1. The average Bonchev–Trinajstić information content (AvgIpc) is 2.86. The Morgan fingerprint density at radius 1 is 0.968 bits per heavy atom. The lowest BCUT2D eigenvalue weighted by molar-refractivity contribution is 0.0257. The number of hydrogen-bond donors (Lipinski definition) is 0. The van der Waals surface area contributed by atoms with E-state index in [1.54, 1.807) is 0 Å². The summed E-state index contributed by atoms with van der Waals surface area (Å²) in [7, 11) is -0.848. The lowest BCUT2D eigenvalue weighted by Crippen LogP contribution is -2.39. The quantitative estimate of drug-likeness (QED) is 0.565. The molecule has 0 spiro atoms. The number of nitrogens with zero attached hydrogens (tertiary/aromatic N) is 2. The third-order valence-corrected chi connectivity index (χ3v) is 9.15. The summed E-state index contributed by atoms with van der Waals surface area (Å²) in [5.41, 5.74) is 0.899. The molecule has 1 aromatic rings. The lowest BCUT2D eigenvalue weighted by atomic mass is 10.2. The zero-order valence-electron chi connectivity index (χ0n) is 21.4. The maximum atomic E-state index is 12.1. The van der Waals surface area contributed by atoms with Crippen molar-refractivity contribution in [2.75, 3.05) is 45.3 Å². The largest absolute Gasteiger partial charge is 0.444 e. The molecule has 0 aliphatic carbocycles. The van der Waals surface area contributed by atoms with E-state index in [1.165, 1.54) is 5.56 Å². The monoisotopic (exact) mass is 454 g/mol. The van der Waals surface area contributed by atoms with Crippen LogP contribution < -0.4 is 0 Å². The molecule has 1 aromatic carbocycles. The van der Waals surface area contributed by atoms with Crippen molar-refractivity contribution in [2.45, 2.75) is 71.8 Å². The van der Waals surface area contributed by atoms with Crippen molar-refractivity contribution < 1.29 is 13.7 Å². The van der Waals surface area contributed by atoms with Crippen LogP contribution in [0.2, 0.25) is 0 Å². The maximum Gasteiger partial charge on any atom is 0.410 e. The summed E-state index contributed by atoms with van der Waals surface area (Å²) in [5.74, 6) is 0. The first-order chi connectivity index (χ1) is 14.2. The molecule has 0 unspecified atom stereocenters. The van der Waals surface area contributed by atoms with Gasteiger partial charge in [-0.1, -0.05) is 51.1 Å². The number of amides is 1. The smallest absolute Gasteiger partial charge is 0.410 e. The van der Waals surface area contributed by atoms with Gasteiger partial charge in [0.25, 0.3) is 0 Å². The highest BCUT2D eigenvalue weighted by Gasteiger charge is 2.28. The first kappa shape index (κ1) is 27.8. The summed E-state index contributed by atoms with van der Waals surface area (Å²) in [6.07, 6.45) is 5.24. The molecule has 1 aliphatic rings. The van der Waals surface area contributed by atoms with Crippen LogP contribution >= 0.6 is 10.3 Å². The Kier molecular flexibility index (Phi) is 10.9. The van der Waals surface area contributed by atoms with Crippen molar-refractivity contribution in [3.05, 3.63) is 35.9 Å². The topological polar surface area (TPSA) is 42.0 Å². The zero-order chi connectivity index (χ0) is 23.7. The molecule has 1 heterocycles. The van der Waals surface area contributed by atoms with E-state index >= 15 is 0 Å². The van der Waals surface area contributed by atoms with E-state index in [4.69, 9.17) is 8.92 Å². The van der Waals surface area contributed by atoms with E-state index in [-0.39, 0.29) is 6.09 Å². The molecule has 1 amide bonds. The van der Waals surface area contributed by atoms with E-state index in [2.05, 4.69) is 69.4 Å². The Labute approximate surface area is 193 Å². The zero-order valence-corrected chi connectivity index (χ0v) is 22.2. The van der Waals surface area contributed by atoms with Crippen LogP contribution in [0.4, 0.5) is 4.79 Å². The van der Waals surface area contributed by atoms with Crippen molar-refractivity contribution in [1.29, 1.82) is 0 Å². The Morgan fingerprint density at radius 2 is 1.58 bits per heavy atom. The van der Waals surface area contributed by atoms with Crippen LogP contribution in [0.15, 0.2) is 30.3 Å². The summed E-state index contributed by atoms with van der Waals surface area (Å²) in [6.45, 7) is 19.7. The highest BCUT2D eigenvalue weighted by atomic mass is 32.3. The summed E-state index contributed by atoms with van der Waals surface area (Å²) < 4.78 is 11.4. The van der Waals surface area contributed by atoms with Gasteiger partial charge in [-0.2, -0.15) is 0 Å². The van der Waals surface area contributed by atoms with Crippen molar-refractivity contribution >= 4 is 16.4 Å². The Bertz CT molecular complexity index is 651. The number of rotatable bonds is 4. The van der Waals surface area contributed by atoms with Crippen molar-refractivity contribution in [1.82, 2.24) is 9.80 Å². The molecule has 180 valence electrons. The third-order valence-electron chi connectivity index (χ3n) is 5.38. The van der Waals surface area contributed by atoms with Gasteiger partial charge in [0.05, 0.1) is 6.61 Å². The van der Waals surface area contributed by atoms with E-state index in [1.807, 2.05) is 31.7 Å². The van der Waals surface area contributed by atoms with Gasteiger partial charge in [0.2, 0.25) is 0 Å². The summed E-state index contributed by atoms with van der Waals surface area (Å²) in [4.78, 5) is 16.3. The Balaban J connectivity index is 0.000000407. The maximum absolute atomic E-state index is 12.1. The minimum Gasteiger partial charge on any atom is -0.444 e. The van der Waals surface area contributed by atoms with Crippen molar-refractivity contribution in [3.8, 4) is 0 Å². The van der Waals surface area contributed by atoms with E-state index in [9.17, 15) is 4.79 Å². The van der Waals surface area contributed by atoms with Gasteiger partial charge >= 0.3 is 6.09 Å². The Morgan fingerprint density at radius 3 is 2.06 bits per heavy atom. The van der Waals surface area contributed by atoms with Gasteiger partial charge in [0.15, 0.2) is 0 Å². The molecular weight excluding hydrogens is 408 g/mol. The highest BCUT2D eigenvalue weighted by Crippen LogP contribution is 2.53. The summed E-state index contributed by atoms with van der Waals surface area (Å²) in [5, 5.41) is 0. The molecule has 5 nitrogen and oxygen atoms in total. The second-order valence-corrected chi connectivity index (χ2v) is 14.3. The minimum atomic E-state index is -0.848. The predicted octanol–water partition coefficient (Wildman–Crippen LogP) is 5.93. The van der Waals surface area contributed by atoms with Crippen LogP contribution in [0.3, 0.4) is 0 Å². The van der Waals surface area contributed by atoms with Crippen molar-refractivity contribution in [3.63, 3.8) is 0 Å². The van der Waals surface area contributed by atoms with Gasteiger partial charge in [-0.15, -0.1) is 10.3 Å². The van der Waals surface area contributed by atoms with Gasteiger partial charge in [0.1, 0.15) is 5.60 Å². The molecule has 0 bridgehead atoms. The molecule has 6 heteroatoms. The molecule has 0 aromatic heterocycles. The normalized spacial score (nSPS) is 16.7. The second-order valence-electron chi connectivity index (χ2n) is 10.3. The van der Waals surface area contributed by atoms with Gasteiger partial charge in [0, 0.05) is 37.5 Å². The number of ether oxygens (including phenoxy) is 1. The first-order valence-corrected chi connectivity index (χ1v) is 13.7. The average molecular weight is 455 g/mol. The van der Waals surface area contributed by atoms with Crippen LogP contribution in [-0.2, 0) is 15.5 Å². The number of carbonyl (C=O) groups is 1.